The molecule has 0 atom stereocenters. The Hall–Kier alpha value is -3.03. The third kappa shape index (κ3) is 3.49. The number of aromatic nitrogens is 1. The van der Waals surface area contributed by atoms with Crippen molar-refractivity contribution in [2.24, 2.45) is 0 Å². The van der Waals surface area contributed by atoms with E-state index in [4.69, 9.17) is 4.42 Å². The lowest BCUT2D eigenvalue weighted by Crippen LogP contribution is -2.19. The standard InChI is InChI=1S/C18H16F3N3O2/c1-22-17(25)15-8-7-11(26-15)10-24(2)14-9-16(18(19,20)21)23-13-6-4-3-5-12(13)14/h3-9H,10H2,1-2H3,(H,22,25). The summed E-state index contributed by atoms with van der Waals surface area (Å²) in [5.74, 6) is 0.236. The van der Waals surface area contributed by atoms with Gasteiger partial charge in [-0.25, -0.2) is 4.98 Å². The van der Waals surface area contributed by atoms with E-state index in [0.717, 1.165) is 6.07 Å². The minimum atomic E-state index is -4.54. The Morgan fingerprint density at radius 1 is 1.23 bits per heavy atom. The van der Waals surface area contributed by atoms with Gasteiger partial charge in [-0.05, 0) is 24.3 Å². The molecule has 0 fully saturated rings. The van der Waals surface area contributed by atoms with Crippen molar-refractivity contribution in [1.29, 1.82) is 0 Å². The van der Waals surface area contributed by atoms with Gasteiger partial charge in [0.2, 0.25) is 0 Å². The Morgan fingerprint density at radius 2 is 1.96 bits per heavy atom. The predicted octanol–water partition coefficient (Wildman–Crippen LogP) is 3.84. The van der Waals surface area contributed by atoms with Gasteiger partial charge in [0.15, 0.2) is 5.76 Å². The van der Waals surface area contributed by atoms with Crippen LogP contribution < -0.4 is 10.2 Å². The summed E-state index contributed by atoms with van der Waals surface area (Å²) in [6.45, 7) is 0.197. The van der Waals surface area contributed by atoms with E-state index in [2.05, 4.69) is 10.3 Å². The van der Waals surface area contributed by atoms with E-state index in [0.29, 0.717) is 16.8 Å². The molecular weight excluding hydrogens is 347 g/mol. The Morgan fingerprint density at radius 3 is 2.65 bits per heavy atom. The normalized spacial score (nSPS) is 11.6. The first kappa shape index (κ1) is 17.8. The van der Waals surface area contributed by atoms with Crippen molar-refractivity contribution in [1.82, 2.24) is 10.3 Å². The molecule has 1 N–H and O–H groups in total. The van der Waals surface area contributed by atoms with Crippen LogP contribution in [-0.2, 0) is 12.7 Å². The average molecular weight is 363 g/mol. The summed E-state index contributed by atoms with van der Waals surface area (Å²) in [4.78, 5) is 16.9. The van der Waals surface area contributed by atoms with Crippen LogP contribution in [0.4, 0.5) is 18.9 Å². The number of carbonyl (C=O) groups is 1. The first-order valence-corrected chi connectivity index (χ1v) is 7.78. The Bertz CT molecular complexity index is 950. The summed E-state index contributed by atoms with van der Waals surface area (Å²) in [5, 5.41) is 3.05. The number of alkyl halides is 3. The second-order valence-electron chi connectivity index (χ2n) is 5.74. The van der Waals surface area contributed by atoms with Crippen LogP contribution in [0.1, 0.15) is 22.0 Å². The second-order valence-corrected chi connectivity index (χ2v) is 5.74. The molecule has 136 valence electrons. The molecule has 0 aliphatic rings. The quantitative estimate of drug-likeness (QED) is 0.765. The lowest BCUT2D eigenvalue weighted by Gasteiger charge is -2.21. The molecule has 8 heteroatoms. The van der Waals surface area contributed by atoms with Crippen LogP contribution in [0.15, 0.2) is 46.9 Å². The number of hydrogen-bond donors (Lipinski definition) is 1. The maximum absolute atomic E-state index is 13.2. The maximum atomic E-state index is 13.2. The van der Waals surface area contributed by atoms with Gasteiger partial charge in [-0.15, -0.1) is 0 Å². The van der Waals surface area contributed by atoms with Gasteiger partial charge in [0.25, 0.3) is 5.91 Å². The maximum Gasteiger partial charge on any atom is 0.433 e. The van der Waals surface area contributed by atoms with Gasteiger partial charge in [-0.2, -0.15) is 13.2 Å². The minimum Gasteiger partial charge on any atom is -0.454 e. The molecule has 2 heterocycles. The molecule has 1 amide bonds. The molecule has 0 saturated carbocycles. The first-order chi connectivity index (χ1) is 12.3. The number of benzene rings is 1. The van der Waals surface area contributed by atoms with E-state index in [1.54, 1.807) is 42.3 Å². The fourth-order valence-electron chi connectivity index (χ4n) is 2.65. The number of nitrogens with zero attached hydrogens (tertiary/aromatic N) is 2. The van der Waals surface area contributed by atoms with Crippen LogP contribution >= 0.6 is 0 Å². The number of hydrogen-bond acceptors (Lipinski definition) is 4. The number of furan rings is 1. The van der Waals surface area contributed by atoms with Gasteiger partial charge in [0.1, 0.15) is 11.5 Å². The molecule has 0 aliphatic heterocycles. The fraction of sp³-hybridized carbons (Fsp3) is 0.222. The van der Waals surface area contributed by atoms with E-state index in [9.17, 15) is 18.0 Å². The predicted molar refractivity (Wildman–Crippen MR) is 91.0 cm³/mol. The number of carbonyl (C=O) groups excluding carboxylic acids is 1. The second kappa shape index (κ2) is 6.70. The molecule has 1 aromatic carbocycles. The number of para-hydroxylation sites is 1. The van der Waals surface area contributed by atoms with Crippen LogP contribution in [0.25, 0.3) is 10.9 Å². The molecule has 5 nitrogen and oxygen atoms in total. The topological polar surface area (TPSA) is 58.4 Å². The van der Waals surface area contributed by atoms with Crippen molar-refractivity contribution in [2.45, 2.75) is 12.7 Å². The first-order valence-electron chi connectivity index (χ1n) is 7.78. The highest BCUT2D eigenvalue weighted by atomic mass is 19.4. The average Bonchev–Trinajstić information content (AvgIpc) is 3.07. The fourth-order valence-corrected chi connectivity index (χ4v) is 2.65. The highest BCUT2D eigenvalue weighted by Gasteiger charge is 2.33. The van der Waals surface area contributed by atoms with Crippen molar-refractivity contribution in [3.8, 4) is 0 Å². The summed E-state index contributed by atoms with van der Waals surface area (Å²) in [6, 6.07) is 10.8. The van der Waals surface area contributed by atoms with Gasteiger partial charge >= 0.3 is 6.18 Å². The highest BCUT2D eigenvalue weighted by Crippen LogP contribution is 2.34. The molecule has 0 unspecified atom stereocenters. The zero-order valence-corrected chi connectivity index (χ0v) is 14.1. The zero-order chi connectivity index (χ0) is 18.9. The Labute approximate surface area is 147 Å². The number of halogens is 3. The minimum absolute atomic E-state index is 0.145. The van der Waals surface area contributed by atoms with Crippen LogP contribution in [0.5, 0.6) is 0 Å². The molecule has 0 saturated heterocycles. The summed E-state index contributed by atoms with van der Waals surface area (Å²) >= 11 is 0. The molecule has 0 aliphatic carbocycles. The van der Waals surface area contributed by atoms with E-state index in [1.165, 1.54) is 13.1 Å². The zero-order valence-electron chi connectivity index (χ0n) is 14.1. The lowest BCUT2D eigenvalue weighted by molar-refractivity contribution is -0.140. The number of pyridine rings is 1. The third-order valence-electron chi connectivity index (χ3n) is 3.90. The van der Waals surface area contributed by atoms with E-state index < -0.39 is 11.9 Å². The smallest absolute Gasteiger partial charge is 0.433 e. The van der Waals surface area contributed by atoms with Crippen LogP contribution in [0.2, 0.25) is 0 Å². The number of anilines is 1. The Kier molecular flexibility index (Phi) is 4.58. The van der Waals surface area contributed by atoms with Gasteiger partial charge < -0.3 is 14.6 Å². The van der Waals surface area contributed by atoms with E-state index in [-0.39, 0.29) is 23.7 Å². The number of nitrogens with one attached hydrogen (secondary N) is 1. The third-order valence-corrected chi connectivity index (χ3v) is 3.90. The SMILES string of the molecule is CNC(=O)c1ccc(CN(C)c2cc(C(F)(F)F)nc3ccccc23)o1. The molecule has 0 radical (unpaired) electrons. The van der Waals surface area contributed by atoms with Crippen LogP contribution in [0, 0.1) is 0 Å². The van der Waals surface area contributed by atoms with Gasteiger partial charge in [0.05, 0.1) is 12.1 Å². The number of fused-ring (bicyclic) bond motifs is 1. The van der Waals surface area contributed by atoms with Gasteiger partial charge in [0, 0.05) is 25.2 Å². The molecule has 0 bridgehead atoms. The molecule has 3 rings (SSSR count). The van der Waals surface area contributed by atoms with Gasteiger partial charge in [-0.1, -0.05) is 18.2 Å². The Balaban J connectivity index is 1.98. The molecule has 3 aromatic rings. The van der Waals surface area contributed by atoms with Crippen molar-refractivity contribution in [3.05, 3.63) is 59.7 Å². The molecule has 2 aromatic heterocycles. The van der Waals surface area contributed by atoms with Crippen LogP contribution in [-0.4, -0.2) is 25.0 Å². The van der Waals surface area contributed by atoms with E-state index >= 15 is 0 Å². The number of rotatable bonds is 4. The van der Waals surface area contributed by atoms with Gasteiger partial charge in [-0.3, -0.25) is 4.79 Å². The number of amides is 1. The van der Waals surface area contributed by atoms with Crippen molar-refractivity contribution in [2.75, 3.05) is 19.0 Å². The lowest BCUT2D eigenvalue weighted by atomic mass is 10.1. The largest absolute Gasteiger partial charge is 0.454 e. The van der Waals surface area contributed by atoms with Crippen molar-refractivity contribution >= 4 is 22.5 Å². The van der Waals surface area contributed by atoms with Crippen molar-refractivity contribution < 1.29 is 22.4 Å². The summed E-state index contributed by atoms with van der Waals surface area (Å²) < 4.78 is 45.0. The van der Waals surface area contributed by atoms with E-state index in [1.807, 2.05) is 0 Å². The summed E-state index contributed by atoms with van der Waals surface area (Å²) in [5.41, 5.74) is -0.320. The monoisotopic (exact) mass is 363 g/mol. The van der Waals surface area contributed by atoms with Crippen LogP contribution in [0.3, 0.4) is 0 Å². The molecule has 26 heavy (non-hydrogen) atoms. The van der Waals surface area contributed by atoms with Crippen molar-refractivity contribution in [3.63, 3.8) is 0 Å². The summed E-state index contributed by atoms with van der Waals surface area (Å²) in [6.07, 6.45) is -4.54. The summed E-state index contributed by atoms with van der Waals surface area (Å²) in [7, 11) is 3.14. The molecule has 0 spiro atoms. The highest BCUT2D eigenvalue weighted by molar-refractivity contribution is 5.92. The molecular formula is C18H16F3N3O2.